The van der Waals surface area contributed by atoms with Gasteiger partial charge in [-0.25, -0.2) is 9.48 Å². The van der Waals surface area contributed by atoms with E-state index in [-0.39, 0.29) is 16.9 Å². The van der Waals surface area contributed by atoms with Crippen molar-refractivity contribution in [1.29, 1.82) is 0 Å². The van der Waals surface area contributed by atoms with Crippen molar-refractivity contribution in [2.24, 2.45) is 0 Å². The lowest BCUT2D eigenvalue weighted by Gasteiger charge is -2.12. The quantitative estimate of drug-likeness (QED) is 0.276. The zero-order chi connectivity index (χ0) is 25.9. The predicted octanol–water partition coefficient (Wildman–Crippen LogP) is 6.75. The number of alkyl halides is 3. The van der Waals surface area contributed by atoms with E-state index < -0.39 is 28.7 Å². The first-order chi connectivity index (χ1) is 17.1. The number of aromatic nitrogens is 2. The Balaban J connectivity index is 1.40. The van der Waals surface area contributed by atoms with Gasteiger partial charge in [0.1, 0.15) is 0 Å². The van der Waals surface area contributed by atoms with Crippen LogP contribution < -0.4 is 16.0 Å². The molecule has 4 rings (SSSR count). The van der Waals surface area contributed by atoms with Gasteiger partial charge in [-0.15, -0.1) is 0 Å². The Hall–Kier alpha value is -4.31. The van der Waals surface area contributed by atoms with E-state index in [1.807, 2.05) is 31.2 Å². The molecule has 7 nitrogen and oxygen atoms in total. The maximum absolute atomic E-state index is 13.0. The molecule has 184 valence electrons. The van der Waals surface area contributed by atoms with Gasteiger partial charge in [-0.05, 0) is 55.5 Å². The average Bonchev–Trinajstić information content (AvgIpc) is 3.28. The van der Waals surface area contributed by atoms with E-state index in [9.17, 15) is 22.8 Å². The zero-order valence-electron chi connectivity index (χ0n) is 18.7. The molecule has 0 saturated carbocycles. The summed E-state index contributed by atoms with van der Waals surface area (Å²) in [5.74, 6) is -0.435. The molecule has 0 saturated heterocycles. The van der Waals surface area contributed by atoms with Crippen molar-refractivity contribution in [3.8, 4) is 5.69 Å². The number of nitrogens with zero attached hydrogens (tertiary/aromatic N) is 2. The molecule has 4 aromatic rings. The Morgan fingerprint density at radius 2 is 1.58 bits per heavy atom. The molecule has 0 radical (unpaired) electrons. The van der Waals surface area contributed by atoms with E-state index in [0.29, 0.717) is 5.69 Å². The van der Waals surface area contributed by atoms with Crippen LogP contribution in [0.25, 0.3) is 5.69 Å². The highest BCUT2D eigenvalue weighted by atomic mass is 35.5. The third kappa shape index (κ3) is 6.02. The number of nitrogens with one attached hydrogen (secondary N) is 3. The van der Waals surface area contributed by atoms with Gasteiger partial charge < -0.3 is 16.0 Å². The summed E-state index contributed by atoms with van der Waals surface area (Å²) in [6.07, 6.45) is -1.49. The highest BCUT2D eigenvalue weighted by Crippen LogP contribution is 2.36. The van der Waals surface area contributed by atoms with Crippen molar-refractivity contribution < 1.29 is 22.8 Å². The van der Waals surface area contributed by atoms with Crippen molar-refractivity contribution in [2.45, 2.75) is 13.1 Å². The molecule has 0 spiro atoms. The Bertz CT molecular complexity index is 1420. The first-order valence-corrected chi connectivity index (χ1v) is 10.9. The van der Waals surface area contributed by atoms with Crippen LogP contribution in [0.3, 0.4) is 0 Å². The van der Waals surface area contributed by atoms with Crippen molar-refractivity contribution in [2.75, 3.05) is 16.0 Å². The molecule has 11 heteroatoms. The summed E-state index contributed by atoms with van der Waals surface area (Å²) in [6, 6.07) is 16.0. The predicted molar refractivity (Wildman–Crippen MR) is 132 cm³/mol. The van der Waals surface area contributed by atoms with E-state index >= 15 is 0 Å². The fourth-order valence-corrected chi connectivity index (χ4v) is 3.51. The number of amides is 3. The van der Waals surface area contributed by atoms with Crippen LogP contribution in [0.2, 0.25) is 5.02 Å². The molecule has 0 aliphatic carbocycles. The summed E-state index contributed by atoms with van der Waals surface area (Å²) in [7, 11) is 0. The van der Waals surface area contributed by atoms with E-state index in [4.69, 9.17) is 11.6 Å². The Kier molecular flexibility index (Phi) is 6.98. The molecule has 0 aliphatic heterocycles. The van der Waals surface area contributed by atoms with Crippen molar-refractivity contribution in [3.63, 3.8) is 0 Å². The highest BCUT2D eigenvalue weighted by molar-refractivity contribution is 6.31. The minimum Gasteiger partial charge on any atom is -0.319 e. The fourth-order valence-electron chi connectivity index (χ4n) is 3.28. The normalized spacial score (nSPS) is 11.1. The Morgan fingerprint density at radius 3 is 2.28 bits per heavy atom. The number of carbonyl (C=O) groups excluding carboxylic acids is 2. The Labute approximate surface area is 208 Å². The molecule has 3 amide bonds. The van der Waals surface area contributed by atoms with Crippen LogP contribution in [-0.4, -0.2) is 21.7 Å². The number of urea groups is 1. The summed E-state index contributed by atoms with van der Waals surface area (Å²) in [5.41, 5.74) is 1.78. The molecule has 1 aromatic heterocycles. The van der Waals surface area contributed by atoms with Crippen LogP contribution in [0.4, 0.5) is 35.0 Å². The second-order valence-corrected chi connectivity index (χ2v) is 8.22. The molecule has 0 fully saturated rings. The largest absolute Gasteiger partial charge is 0.417 e. The summed E-state index contributed by atoms with van der Waals surface area (Å²) < 4.78 is 40.7. The lowest BCUT2D eigenvalue weighted by molar-refractivity contribution is -0.137. The highest BCUT2D eigenvalue weighted by Gasteiger charge is 2.33. The molecule has 0 bridgehead atoms. The van der Waals surface area contributed by atoms with Crippen LogP contribution in [0.15, 0.2) is 79.1 Å². The molecular weight excluding hydrogens is 495 g/mol. The lowest BCUT2D eigenvalue weighted by Crippen LogP contribution is -2.20. The van der Waals surface area contributed by atoms with Gasteiger partial charge in [0.05, 0.1) is 34.4 Å². The standard InChI is InChI=1S/C25H19ClF3N5O2/c1-15-5-8-20(9-6-15)34-14-19(13-30-34)31-23(35)16-3-2-4-17(11-16)32-24(36)33-18-7-10-22(26)21(12-18)25(27,28)29/h2-14H,1H3,(H,31,35)(H2,32,33,36). The number of anilines is 3. The third-order valence-corrected chi connectivity index (χ3v) is 5.38. The molecule has 3 N–H and O–H groups in total. The second-order valence-electron chi connectivity index (χ2n) is 7.82. The minimum absolute atomic E-state index is 0.0938. The van der Waals surface area contributed by atoms with Crippen LogP contribution in [0.1, 0.15) is 21.5 Å². The van der Waals surface area contributed by atoms with Crippen molar-refractivity contribution in [3.05, 3.63) is 101 Å². The van der Waals surface area contributed by atoms with Crippen LogP contribution >= 0.6 is 11.6 Å². The Morgan fingerprint density at radius 1 is 0.889 bits per heavy atom. The minimum atomic E-state index is -4.66. The van der Waals surface area contributed by atoms with Gasteiger partial charge in [-0.2, -0.15) is 18.3 Å². The van der Waals surface area contributed by atoms with Crippen molar-refractivity contribution in [1.82, 2.24) is 9.78 Å². The number of carbonyl (C=O) groups is 2. The molecule has 0 unspecified atom stereocenters. The number of hydrogen-bond donors (Lipinski definition) is 3. The SMILES string of the molecule is Cc1ccc(-n2cc(NC(=O)c3cccc(NC(=O)Nc4ccc(Cl)c(C(F)(F)F)c4)c3)cn2)cc1. The van der Waals surface area contributed by atoms with E-state index in [2.05, 4.69) is 21.0 Å². The average molecular weight is 514 g/mol. The van der Waals surface area contributed by atoms with Gasteiger partial charge in [0, 0.05) is 16.9 Å². The van der Waals surface area contributed by atoms with Crippen LogP contribution in [-0.2, 0) is 6.18 Å². The van der Waals surface area contributed by atoms with Gasteiger partial charge in [-0.3, -0.25) is 4.79 Å². The van der Waals surface area contributed by atoms with Gasteiger partial charge >= 0.3 is 12.2 Å². The lowest BCUT2D eigenvalue weighted by atomic mass is 10.2. The molecule has 36 heavy (non-hydrogen) atoms. The van der Waals surface area contributed by atoms with Crippen molar-refractivity contribution >= 4 is 40.6 Å². The maximum atomic E-state index is 13.0. The summed E-state index contributed by atoms with van der Waals surface area (Å²) in [5, 5.41) is 11.3. The fraction of sp³-hybridized carbons (Fsp3) is 0.0800. The van der Waals surface area contributed by atoms with Gasteiger partial charge in [-0.1, -0.05) is 35.4 Å². The van der Waals surface area contributed by atoms with E-state index in [0.717, 1.165) is 23.4 Å². The van der Waals surface area contributed by atoms with Gasteiger partial charge in [0.2, 0.25) is 0 Å². The van der Waals surface area contributed by atoms with E-state index in [1.165, 1.54) is 24.4 Å². The maximum Gasteiger partial charge on any atom is 0.417 e. The van der Waals surface area contributed by atoms with Crippen LogP contribution in [0.5, 0.6) is 0 Å². The number of benzene rings is 3. The third-order valence-electron chi connectivity index (χ3n) is 5.05. The zero-order valence-corrected chi connectivity index (χ0v) is 19.5. The smallest absolute Gasteiger partial charge is 0.319 e. The van der Waals surface area contributed by atoms with Gasteiger partial charge in [0.25, 0.3) is 5.91 Å². The monoisotopic (exact) mass is 513 g/mol. The first-order valence-electron chi connectivity index (χ1n) is 10.6. The first kappa shape index (κ1) is 24.8. The molecule has 3 aromatic carbocycles. The number of aryl methyl sites for hydroxylation is 1. The topological polar surface area (TPSA) is 88.0 Å². The number of halogens is 4. The molecular formula is C25H19ClF3N5O2. The summed E-state index contributed by atoms with van der Waals surface area (Å²) >= 11 is 5.60. The summed E-state index contributed by atoms with van der Waals surface area (Å²) in [4.78, 5) is 25.0. The molecule has 0 atom stereocenters. The molecule has 1 heterocycles. The van der Waals surface area contributed by atoms with E-state index in [1.54, 1.807) is 23.0 Å². The van der Waals surface area contributed by atoms with Crippen LogP contribution in [0, 0.1) is 6.92 Å². The second kappa shape index (κ2) is 10.1. The summed E-state index contributed by atoms with van der Waals surface area (Å²) in [6.45, 7) is 1.98. The number of rotatable bonds is 5. The van der Waals surface area contributed by atoms with Gasteiger partial charge in [0.15, 0.2) is 0 Å². The molecule has 0 aliphatic rings. The number of hydrogen-bond acceptors (Lipinski definition) is 3.